The molecule has 1 N–H and O–H groups in total. The van der Waals surface area contributed by atoms with Crippen molar-refractivity contribution in [3.05, 3.63) is 36.0 Å². The molecule has 2 aliphatic rings. The molecule has 2 saturated heterocycles. The van der Waals surface area contributed by atoms with E-state index < -0.39 is 0 Å². The smallest absolute Gasteiger partial charge is 0.241 e. The van der Waals surface area contributed by atoms with Crippen LogP contribution in [0, 0.1) is 23.6 Å². The number of nitrogens with zero attached hydrogens (tertiary/aromatic N) is 3. The van der Waals surface area contributed by atoms with Crippen LogP contribution in [0.2, 0.25) is 0 Å². The Kier molecular flexibility index (Phi) is 5.28. The Morgan fingerprint density at radius 1 is 1.15 bits per heavy atom. The maximum absolute atomic E-state index is 13.0. The summed E-state index contributed by atoms with van der Waals surface area (Å²) in [6, 6.07) is 6.05. The maximum Gasteiger partial charge on any atom is 0.241 e. The highest BCUT2D eigenvalue weighted by atomic mass is 19.1. The van der Waals surface area contributed by atoms with Crippen molar-refractivity contribution in [2.45, 2.75) is 19.4 Å². The van der Waals surface area contributed by atoms with Gasteiger partial charge >= 0.3 is 0 Å². The molecule has 1 aromatic heterocycles. The summed E-state index contributed by atoms with van der Waals surface area (Å²) >= 11 is 0. The quantitative estimate of drug-likeness (QED) is 0.881. The molecule has 0 radical (unpaired) electrons. The van der Waals surface area contributed by atoms with E-state index in [4.69, 9.17) is 9.26 Å². The number of rotatable bonds is 5. The minimum atomic E-state index is -0.288. The summed E-state index contributed by atoms with van der Waals surface area (Å²) in [4.78, 5) is 6.72. The molecule has 0 bridgehead atoms. The normalized spacial score (nSPS) is 25.0. The van der Waals surface area contributed by atoms with Crippen LogP contribution in [0.1, 0.15) is 18.7 Å². The number of hydrogen-bond acceptors (Lipinski definition) is 6. The van der Waals surface area contributed by atoms with Crippen LogP contribution in [-0.4, -0.2) is 53.1 Å². The fourth-order valence-corrected chi connectivity index (χ4v) is 4.22. The van der Waals surface area contributed by atoms with Crippen LogP contribution in [0.25, 0.3) is 11.4 Å². The monoisotopic (exact) mass is 361 g/mol. The van der Waals surface area contributed by atoms with Gasteiger partial charge in [0.15, 0.2) is 0 Å². The number of ether oxygens (including phenoxy) is 1. The summed E-state index contributed by atoms with van der Waals surface area (Å²) in [5, 5.41) is 13.8. The zero-order valence-electron chi connectivity index (χ0n) is 14.7. The first-order valence-corrected chi connectivity index (χ1v) is 9.22. The molecule has 0 amide bonds. The molecule has 1 aromatic carbocycles. The number of likely N-dealkylation sites (tertiary alicyclic amines) is 1. The highest BCUT2D eigenvalue weighted by Gasteiger charge is 2.38. The molecule has 0 unspecified atom stereocenters. The van der Waals surface area contributed by atoms with Crippen LogP contribution < -0.4 is 0 Å². The number of aromatic nitrogens is 2. The summed E-state index contributed by atoms with van der Waals surface area (Å²) < 4.78 is 23.9. The van der Waals surface area contributed by atoms with Gasteiger partial charge < -0.3 is 14.4 Å². The highest BCUT2D eigenvalue weighted by molar-refractivity contribution is 5.53. The molecule has 140 valence electrons. The maximum atomic E-state index is 13.0. The van der Waals surface area contributed by atoms with Gasteiger partial charge in [0.2, 0.25) is 11.7 Å². The molecule has 2 aromatic rings. The fourth-order valence-electron chi connectivity index (χ4n) is 4.22. The summed E-state index contributed by atoms with van der Waals surface area (Å²) in [7, 11) is 0. The van der Waals surface area contributed by atoms with Crippen LogP contribution in [-0.2, 0) is 11.3 Å². The third kappa shape index (κ3) is 3.79. The van der Waals surface area contributed by atoms with Gasteiger partial charge in [0.05, 0.1) is 6.54 Å². The van der Waals surface area contributed by atoms with E-state index in [1.54, 1.807) is 12.1 Å². The van der Waals surface area contributed by atoms with Gasteiger partial charge in [-0.25, -0.2) is 4.39 Å². The number of halogens is 1. The lowest BCUT2D eigenvalue weighted by Crippen LogP contribution is -2.29. The predicted molar refractivity (Wildman–Crippen MR) is 92.6 cm³/mol. The Bertz CT molecular complexity index is 715. The van der Waals surface area contributed by atoms with Crippen molar-refractivity contribution >= 4 is 0 Å². The van der Waals surface area contributed by atoms with Crippen molar-refractivity contribution < 1.29 is 18.8 Å². The van der Waals surface area contributed by atoms with E-state index in [-0.39, 0.29) is 18.3 Å². The van der Waals surface area contributed by atoms with E-state index in [9.17, 15) is 9.50 Å². The summed E-state index contributed by atoms with van der Waals surface area (Å²) in [6.07, 6.45) is 2.15. The molecular weight excluding hydrogens is 337 g/mol. The van der Waals surface area contributed by atoms with E-state index in [1.807, 2.05) is 0 Å². The van der Waals surface area contributed by atoms with Crippen molar-refractivity contribution in [2.24, 2.45) is 17.8 Å². The van der Waals surface area contributed by atoms with Crippen molar-refractivity contribution in [3.63, 3.8) is 0 Å². The Morgan fingerprint density at radius 3 is 2.65 bits per heavy atom. The molecule has 6 nitrogen and oxygen atoms in total. The molecule has 7 heteroatoms. The van der Waals surface area contributed by atoms with E-state index in [0.717, 1.165) is 44.7 Å². The third-order valence-corrected chi connectivity index (χ3v) is 5.60. The van der Waals surface area contributed by atoms with Crippen molar-refractivity contribution in [1.29, 1.82) is 0 Å². The van der Waals surface area contributed by atoms with Crippen LogP contribution in [0.3, 0.4) is 0 Å². The van der Waals surface area contributed by atoms with Gasteiger partial charge in [-0.05, 0) is 54.9 Å². The second-order valence-corrected chi connectivity index (χ2v) is 7.27. The number of aliphatic hydroxyl groups is 1. The van der Waals surface area contributed by atoms with E-state index in [1.165, 1.54) is 12.1 Å². The molecule has 2 aliphatic heterocycles. The minimum Gasteiger partial charge on any atom is -0.396 e. The number of benzene rings is 1. The van der Waals surface area contributed by atoms with Crippen molar-refractivity contribution in [3.8, 4) is 11.4 Å². The Morgan fingerprint density at radius 2 is 1.92 bits per heavy atom. The Hall–Kier alpha value is -1.83. The topological polar surface area (TPSA) is 71.6 Å². The minimum absolute atomic E-state index is 0.211. The zero-order chi connectivity index (χ0) is 17.9. The van der Waals surface area contributed by atoms with Crippen LogP contribution in [0.4, 0.5) is 4.39 Å². The lowest BCUT2D eigenvalue weighted by Gasteiger charge is -2.30. The molecule has 2 fully saturated rings. The lowest BCUT2D eigenvalue weighted by molar-refractivity contribution is 0.0352. The average Bonchev–Trinajstić information content (AvgIpc) is 3.30. The van der Waals surface area contributed by atoms with E-state index in [0.29, 0.717) is 30.1 Å². The molecule has 26 heavy (non-hydrogen) atoms. The Labute approximate surface area is 152 Å². The summed E-state index contributed by atoms with van der Waals surface area (Å²) in [5.41, 5.74) is 0.733. The number of hydrogen-bond donors (Lipinski definition) is 1. The van der Waals surface area contributed by atoms with Crippen LogP contribution in [0.15, 0.2) is 28.8 Å². The van der Waals surface area contributed by atoms with Gasteiger partial charge in [-0.15, -0.1) is 0 Å². The zero-order valence-corrected chi connectivity index (χ0v) is 14.7. The van der Waals surface area contributed by atoms with Gasteiger partial charge in [0.1, 0.15) is 5.82 Å². The van der Waals surface area contributed by atoms with Gasteiger partial charge in [0.25, 0.3) is 0 Å². The number of aliphatic hydroxyl groups excluding tert-OH is 1. The van der Waals surface area contributed by atoms with Gasteiger partial charge in [-0.1, -0.05) is 5.16 Å². The third-order valence-electron chi connectivity index (χ3n) is 5.60. The van der Waals surface area contributed by atoms with E-state index >= 15 is 0 Å². The SMILES string of the molecule is OC[C@@H]1CN(Cc2nc(-c3ccc(F)cc3)no2)C[C@H]1C1CCOCC1. The van der Waals surface area contributed by atoms with Crippen molar-refractivity contribution in [2.75, 3.05) is 32.9 Å². The second-order valence-electron chi connectivity index (χ2n) is 7.27. The first kappa shape index (κ1) is 17.6. The fraction of sp³-hybridized carbons (Fsp3) is 0.579. The van der Waals surface area contributed by atoms with Gasteiger partial charge in [-0.3, -0.25) is 4.90 Å². The van der Waals surface area contributed by atoms with Gasteiger partial charge in [0, 0.05) is 38.5 Å². The van der Waals surface area contributed by atoms with Gasteiger partial charge in [-0.2, -0.15) is 4.98 Å². The molecule has 2 atom stereocenters. The largest absolute Gasteiger partial charge is 0.396 e. The van der Waals surface area contributed by atoms with Crippen molar-refractivity contribution in [1.82, 2.24) is 15.0 Å². The van der Waals surface area contributed by atoms with E-state index in [2.05, 4.69) is 15.0 Å². The van der Waals surface area contributed by atoms with Crippen LogP contribution in [0.5, 0.6) is 0 Å². The molecule has 3 heterocycles. The lowest BCUT2D eigenvalue weighted by atomic mass is 9.80. The first-order chi connectivity index (χ1) is 12.7. The Balaban J connectivity index is 1.40. The second kappa shape index (κ2) is 7.82. The highest BCUT2D eigenvalue weighted by Crippen LogP contribution is 2.35. The molecular formula is C19H24FN3O3. The average molecular weight is 361 g/mol. The molecule has 4 rings (SSSR count). The summed E-state index contributed by atoms with van der Waals surface area (Å²) in [5.74, 6) is 2.13. The molecule has 0 spiro atoms. The van der Waals surface area contributed by atoms with Crippen LogP contribution >= 0.6 is 0 Å². The molecule has 0 aliphatic carbocycles. The summed E-state index contributed by atoms with van der Waals surface area (Å²) in [6.45, 7) is 4.21. The predicted octanol–water partition coefficient (Wildman–Crippen LogP) is 2.34. The first-order valence-electron chi connectivity index (χ1n) is 9.22. The standard InChI is InChI=1S/C19H24FN3O3/c20-16-3-1-14(2-4-16)19-21-18(26-22-19)11-23-9-15(12-24)17(10-23)13-5-7-25-8-6-13/h1-4,13,15,17,24H,5-12H2/t15-,17-/m0/s1. The molecule has 0 saturated carbocycles.